The predicted octanol–water partition coefficient (Wildman–Crippen LogP) is 2.51. The predicted molar refractivity (Wildman–Crippen MR) is 81.8 cm³/mol. The minimum Gasteiger partial charge on any atom is -0.337 e. The first-order valence-electron chi connectivity index (χ1n) is 6.49. The Labute approximate surface area is 122 Å². The van der Waals surface area contributed by atoms with Gasteiger partial charge in [-0.3, -0.25) is 4.79 Å². The number of halogens is 1. The summed E-state index contributed by atoms with van der Waals surface area (Å²) in [5.41, 5.74) is 0.787. The van der Waals surface area contributed by atoms with Crippen LogP contribution < -0.4 is 5.32 Å². The fourth-order valence-corrected chi connectivity index (χ4v) is 2.67. The van der Waals surface area contributed by atoms with Crippen molar-refractivity contribution in [3.63, 3.8) is 0 Å². The first-order valence-corrected chi connectivity index (χ1v) is 7.57. The Morgan fingerprint density at radius 1 is 1.44 bits per heavy atom. The van der Waals surface area contributed by atoms with Gasteiger partial charge in [-0.2, -0.15) is 0 Å². The van der Waals surface area contributed by atoms with Gasteiger partial charge in [-0.25, -0.2) is 0 Å². The van der Waals surface area contributed by atoms with E-state index in [1.807, 2.05) is 36.1 Å². The highest BCUT2D eigenvalue weighted by Gasteiger charge is 2.21. The van der Waals surface area contributed by atoms with Crippen molar-refractivity contribution < 1.29 is 4.79 Å². The van der Waals surface area contributed by atoms with Gasteiger partial charge in [-0.1, -0.05) is 0 Å². The molecule has 1 aliphatic heterocycles. The number of hydrogen-bond donors (Lipinski definition) is 1. The lowest BCUT2D eigenvalue weighted by molar-refractivity contribution is 0.0751. The van der Waals surface area contributed by atoms with Crippen LogP contribution in [0.1, 0.15) is 30.1 Å². The van der Waals surface area contributed by atoms with Crippen LogP contribution in [0.15, 0.2) is 24.3 Å². The van der Waals surface area contributed by atoms with Crippen LogP contribution in [0, 0.1) is 3.57 Å². The molecule has 0 spiro atoms. The Hall–Kier alpha value is -0.620. The summed E-state index contributed by atoms with van der Waals surface area (Å²) in [5, 5.41) is 3.44. The summed E-state index contributed by atoms with van der Waals surface area (Å²) in [6.45, 7) is 4.71. The Morgan fingerprint density at radius 2 is 2.17 bits per heavy atom. The van der Waals surface area contributed by atoms with E-state index in [0.29, 0.717) is 6.04 Å². The fourth-order valence-electron chi connectivity index (χ4n) is 2.31. The molecule has 1 saturated heterocycles. The van der Waals surface area contributed by atoms with Crippen molar-refractivity contribution in [1.29, 1.82) is 0 Å². The van der Waals surface area contributed by atoms with Gasteiger partial charge in [0.25, 0.3) is 5.91 Å². The molecular formula is C14H19IN2O. The van der Waals surface area contributed by atoms with E-state index >= 15 is 0 Å². The maximum atomic E-state index is 12.4. The van der Waals surface area contributed by atoms with Crippen LogP contribution in [-0.4, -0.2) is 36.5 Å². The summed E-state index contributed by atoms with van der Waals surface area (Å²) in [6.07, 6.45) is 2.40. The van der Waals surface area contributed by atoms with Crippen LogP contribution in [0.25, 0.3) is 0 Å². The van der Waals surface area contributed by atoms with Crippen LogP contribution in [-0.2, 0) is 0 Å². The normalized spacial score (nSPS) is 18.9. The molecule has 1 aromatic carbocycles. The van der Waals surface area contributed by atoms with E-state index in [4.69, 9.17) is 0 Å². The average Bonchev–Trinajstić information content (AvgIpc) is 2.89. The molecule has 1 heterocycles. The summed E-state index contributed by atoms with van der Waals surface area (Å²) in [5.74, 6) is 0.141. The van der Waals surface area contributed by atoms with Gasteiger partial charge in [-0.15, -0.1) is 0 Å². The second-order valence-corrected chi connectivity index (χ2v) is 5.89. The summed E-state index contributed by atoms with van der Waals surface area (Å²) in [4.78, 5) is 14.3. The number of benzene rings is 1. The van der Waals surface area contributed by atoms with Crippen LogP contribution in [0.5, 0.6) is 0 Å². The minimum absolute atomic E-state index is 0.141. The van der Waals surface area contributed by atoms with Crippen molar-refractivity contribution in [2.24, 2.45) is 0 Å². The van der Waals surface area contributed by atoms with Crippen molar-refractivity contribution >= 4 is 28.5 Å². The molecule has 1 amide bonds. The number of rotatable bonds is 4. The molecule has 0 bridgehead atoms. The van der Waals surface area contributed by atoms with E-state index in [0.717, 1.165) is 28.8 Å². The number of hydrogen-bond acceptors (Lipinski definition) is 2. The highest BCUT2D eigenvalue weighted by atomic mass is 127. The van der Waals surface area contributed by atoms with Gasteiger partial charge in [0.05, 0.1) is 0 Å². The first kappa shape index (κ1) is 13.8. The van der Waals surface area contributed by atoms with E-state index in [1.165, 1.54) is 12.8 Å². The Kier molecular flexibility index (Phi) is 5.00. The van der Waals surface area contributed by atoms with Crippen molar-refractivity contribution in [3.05, 3.63) is 33.4 Å². The lowest BCUT2D eigenvalue weighted by Crippen LogP contribution is -2.41. The third kappa shape index (κ3) is 3.45. The van der Waals surface area contributed by atoms with E-state index < -0.39 is 0 Å². The molecule has 0 saturated carbocycles. The maximum Gasteiger partial charge on any atom is 0.253 e. The molecule has 1 aliphatic rings. The number of carbonyl (C=O) groups excluding carboxylic acids is 1. The molecule has 0 aliphatic carbocycles. The number of nitrogens with zero attached hydrogens (tertiary/aromatic N) is 1. The molecule has 2 rings (SSSR count). The maximum absolute atomic E-state index is 12.4. The van der Waals surface area contributed by atoms with Gasteiger partial charge in [-0.05, 0) is 73.2 Å². The van der Waals surface area contributed by atoms with Crippen LogP contribution in [0.3, 0.4) is 0 Å². The Balaban J connectivity index is 2.02. The summed E-state index contributed by atoms with van der Waals surface area (Å²) < 4.78 is 1.16. The van der Waals surface area contributed by atoms with Crippen LogP contribution in [0.2, 0.25) is 0 Å². The quantitative estimate of drug-likeness (QED) is 0.839. The number of carbonyl (C=O) groups is 1. The summed E-state index contributed by atoms with van der Waals surface area (Å²) in [6, 6.07) is 8.26. The second kappa shape index (κ2) is 6.52. The van der Waals surface area contributed by atoms with Crippen molar-refractivity contribution in [3.8, 4) is 0 Å². The molecule has 1 N–H and O–H groups in total. The molecule has 98 valence electrons. The van der Waals surface area contributed by atoms with Crippen molar-refractivity contribution in [1.82, 2.24) is 10.2 Å². The molecule has 4 heteroatoms. The summed E-state index contributed by atoms with van der Waals surface area (Å²) >= 11 is 2.25. The molecule has 1 fully saturated rings. The Bertz CT molecular complexity index is 399. The monoisotopic (exact) mass is 358 g/mol. The van der Waals surface area contributed by atoms with Gasteiger partial charge < -0.3 is 10.2 Å². The third-order valence-electron chi connectivity index (χ3n) is 3.36. The lowest BCUT2D eigenvalue weighted by atomic mass is 10.1. The van der Waals surface area contributed by atoms with E-state index in [9.17, 15) is 4.79 Å². The first-order chi connectivity index (χ1) is 8.70. The van der Waals surface area contributed by atoms with Gasteiger partial charge in [0.2, 0.25) is 0 Å². The number of likely N-dealkylation sites (N-methyl/N-ethyl adjacent to an activating group) is 1. The Morgan fingerprint density at radius 3 is 2.72 bits per heavy atom. The lowest BCUT2D eigenvalue weighted by Gasteiger charge is -2.24. The SMILES string of the molecule is CCN(CC1CCCN1)C(=O)c1ccc(I)cc1. The molecule has 1 unspecified atom stereocenters. The molecule has 1 aromatic rings. The summed E-state index contributed by atoms with van der Waals surface area (Å²) in [7, 11) is 0. The van der Waals surface area contributed by atoms with Gasteiger partial charge in [0.1, 0.15) is 0 Å². The topological polar surface area (TPSA) is 32.3 Å². The number of amides is 1. The highest BCUT2D eigenvalue weighted by molar-refractivity contribution is 14.1. The van der Waals surface area contributed by atoms with E-state index in [2.05, 4.69) is 27.9 Å². The number of nitrogens with one attached hydrogen (secondary N) is 1. The van der Waals surface area contributed by atoms with E-state index in [-0.39, 0.29) is 5.91 Å². The smallest absolute Gasteiger partial charge is 0.253 e. The zero-order chi connectivity index (χ0) is 13.0. The molecular weight excluding hydrogens is 339 g/mol. The molecule has 0 aromatic heterocycles. The minimum atomic E-state index is 0.141. The van der Waals surface area contributed by atoms with Crippen LogP contribution in [0.4, 0.5) is 0 Å². The molecule has 3 nitrogen and oxygen atoms in total. The van der Waals surface area contributed by atoms with Crippen LogP contribution >= 0.6 is 22.6 Å². The molecule has 18 heavy (non-hydrogen) atoms. The van der Waals surface area contributed by atoms with Crippen molar-refractivity contribution in [2.75, 3.05) is 19.6 Å². The average molecular weight is 358 g/mol. The highest BCUT2D eigenvalue weighted by Crippen LogP contribution is 2.12. The third-order valence-corrected chi connectivity index (χ3v) is 4.08. The second-order valence-electron chi connectivity index (χ2n) is 4.64. The molecule has 1 atom stereocenters. The van der Waals surface area contributed by atoms with Gasteiger partial charge in [0.15, 0.2) is 0 Å². The zero-order valence-electron chi connectivity index (χ0n) is 10.7. The molecule has 0 radical (unpaired) electrons. The largest absolute Gasteiger partial charge is 0.337 e. The zero-order valence-corrected chi connectivity index (χ0v) is 12.8. The van der Waals surface area contributed by atoms with Gasteiger partial charge in [0, 0.05) is 28.3 Å². The standard InChI is InChI=1S/C14H19IN2O/c1-2-17(10-13-4-3-9-16-13)14(18)11-5-7-12(15)8-6-11/h5-8,13,16H,2-4,9-10H2,1H3. The van der Waals surface area contributed by atoms with Crippen molar-refractivity contribution in [2.45, 2.75) is 25.8 Å². The van der Waals surface area contributed by atoms with E-state index in [1.54, 1.807) is 0 Å². The van der Waals surface area contributed by atoms with Gasteiger partial charge >= 0.3 is 0 Å². The fraction of sp³-hybridized carbons (Fsp3) is 0.500.